The molecule has 2 N–H and O–H groups in total. The molecule has 4 heteroatoms. The topological polar surface area (TPSA) is 47.7 Å². The predicted octanol–water partition coefficient (Wildman–Crippen LogP) is 2.14. The van der Waals surface area contributed by atoms with Crippen molar-refractivity contribution in [3.8, 4) is 11.5 Å². The minimum absolute atomic E-state index is 0.272. The summed E-state index contributed by atoms with van der Waals surface area (Å²) in [5.74, 6) is 1.61. The van der Waals surface area contributed by atoms with Crippen molar-refractivity contribution in [3.05, 3.63) is 29.8 Å². The highest BCUT2D eigenvalue weighted by molar-refractivity contribution is 5.62. The normalized spacial score (nSPS) is 17.6. The minimum atomic E-state index is 0.272. The largest absolute Gasteiger partial charge is 0.492 e. The van der Waals surface area contributed by atoms with Gasteiger partial charge in [-0.25, -0.2) is 0 Å². The van der Waals surface area contributed by atoms with Crippen LogP contribution in [0.5, 0.6) is 11.5 Å². The Morgan fingerprint density at radius 3 is 2.75 bits per heavy atom. The second-order valence-corrected chi connectivity index (χ2v) is 5.14. The summed E-state index contributed by atoms with van der Waals surface area (Å²) >= 11 is 0. The van der Waals surface area contributed by atoms with Crippen LogP contribution in [0.4, 0.5) is 0 Å². The number of hydrogen-bond donors (Lipinski definition) is 1. The monoisotopic (exact) mass is 276 g/mol. The Bertz CT molecular complexity index is 452. The summed E-state index contributed by atoms with van der Waals surface area (Å²) < 4.78 is 11.6. The molecule has 20 heavy (non-hydrogen) atoms. The highest BCUT2D eigenvalue weighted by Gasteiger charge is 2.20. The molecule has 0 spiro atoms. The molecule has 4 nitrogen and oxygen atoms in total. The molecule has 1 fully saturated rings. The molecule has 110 valence electrons. The van der Waals surface area contributed by atoms with E-state index in [1.54, 1.807) is 7.11 Å². The second-order valence-electron chi connectivity index (χ2n) is 5.14. The lowest BCUT2D eigenvalue weighted by atomic mass is 10.1. The summed E-state index contributed by atoms with van der Waals surface area (Å²) in [5.41, 5.74) is 6.51. The number of ether oxygens (including phenoxy) is 2. The molecule has 0 saturated carbocycles. The zero-order valence-corrected chi connectivity index (χ0v) is 12.3. The molecule has 1 aromatic rings. The van der Waals surface area contributed by atoms with Gasteiger partial charge in [-0.15, -0.1) is 0 Å². The van der Waals surface area contributed by atoms with E-state index < -0.39 is 0 Å². The fourth-order valence-electron chi connectivity index (χ4n) is 2.45. The number of nitrogens with zero attached hydrogens (tertiary/aromatic N) is 1. The number of rotatable bonds is 5. The van der Waals surface area contributed by atoms with E-state index in [4.69, 9.17) is 15.2 Å². The zero-order chi connectivity index (χ0) is 14.4. The van der Waals surface area contributed by atoms with Gasteiger partial charge >= 0.3 is 0 Å². The van der Waals surface area contributed by atoms with Crippen molar-refractivity contribution in [3.63, 3.8) is 0 Å². The molecule has 1 aliphatic rings. The van der Waals surface area contributed by atoms with Crippen molar-refractivity contribution >= 4 is 6.08 Å². The first-order chi connectivity index (χ1) is 9.74. The maximum atomic E-state index is 6.13. The maximum absolute atomic E-state index is 6.13. The van der Waals surface area contributed by atoms with Crippen molar-refractivity contribution in [2.24, 2.45) is 5.73 Å². The molecule has 1 heterocycles. The van der Waals surface area contributed by atoms with Crippen LogP contribution in [0.1, 0.15) is 18.4 Å². The first-order valence-corrected chi connectivity index (χ1v) is 7.13. The average molecular weight is 276 g/mol. The molecule has 0 aromatic heterocycles. The van der Waals surface area contributed by atoms with Crippen molar-refractivity contribution < 1.29 is 9.47 Å². The van der Waals surface area contributed by atoms with Crippen molar-refractivity contribution in [1.29, 1.82) is 0 Å². The molecule has 1 aliphatic heterocycles. The molecule has 0 radical (unpaired) electrons. The van der Waals surface area contributed by atoms with Crippen molar-refractivity contribution in [2.75, 3.05) is 33.8 Å². The van der Waals surface area contributed by atoms with Crippen molar-refractivity contribution in [2.45, 2.75) is 18.9 Å². The summed E-state index contributed by atoms with van der Waals surface area (Å²) in [6, 6.07) is 5.96. The molecule has 0 unspecified atom stereocenters. The Kier molecular flexibility index (Phi) is 5.44. The van der Waals surface area contributed by atoms with E-state index in [1.165, 1.54) is 0 Å². The van der Waals surface area contributed by atoms with Crippen LogP contribution in [0.15, 0.2) is 24.3 Å². The lowest BCUT2D eigenvalue weighted by molar-refractivity contribution is 0.111. The van der Waals surface area contributed by atoms with Crippen LogP contribution in [0.3, 0.4) is 0 Å². The molecule has 0 aliphatic carbocycles. The summed E-state index contributed by atoms with van der Waals surface area (Å²) in [4.78, 5) is 2.33. The van der Waals surface area contributed by atoms with E-state index in [0.29, 0.717) is 6.54 Å². The fraction of sp³-hybridized carbons (Fsp3) is 0.500. The Labute approximate surface area is 121 Å². The summed E-state index contributed by atoms with van der Waals surface area (Å²) in [5, 5.41) is 0. The third-order valence-corrected chi connectivity index (χ3v) is 3.61. The lowest BCUT2D eigenvalue weighted by Crippen LogP contribution is -2.35. The molecule has 1 aromatic carbocycles. The first-order valence-electron chi connectivity index (χ1n) is 7.13. The van der Waals surface area contributed by atoms with E-state index in [9.17, 15) is 0 Å². The van der Waals surface area contributed by atoms with Gasteiger partial charge in [-0.05, 0) is 26.0 Å². The van der Waals surface area contributed by atoms with Gasteiger partial charge in [0.05, 0.1) is 7.11 Å². The van der Waals surface area contributed by atoms with Crippen LogP contribution >= 0.6 is 0 Å². The standard InChI is InChI=1S/C16H24N2O2/c1-18-11-8-14(9-12-18)20-15-7-3-5-13(6-4-10-17)16(15)19-2/h3-7,14H,8-12,17H2,1-2H3/b6-4+. The van der Waals surface area contributed by atoms with E-state index in [0.717, 1.165) is 43.0 Å². The summed E-state index contributed by atoms with van der Waals surface area (Å²) in [6.45, 7) is 2.68. The lowest BCUT2D eigenvalue weighted by Gasteiger charge is -2.29. The predicted molar refractivity (Wildman–Crippen MR) is 82.2 cm³/mol. The first kappa shape index (κ1) is 14.9. The van der Waals surface area contributed by atoms with Crippen LogP contribution in [0.25, 0.3) is 6.08 Å². The molecular formula is C16H24N2O2. The molecular weight excluding hydrogens is 252 g/mol. The average Bonchev–Trinajstić information content (AvgIpc) is 2.47. The molecule has 0 atom stereocenters. The summed E-state index contributed by atoms with van der Waals surface area (Å²) in [7, 11) is 3.83. The van der Waals surface area contributed by atoms with Gasteiger partial charge in [0.15, 0.2) is 11.5 Å². The number of hydrogen-bond acceptors (Lipinski definition) is 4. The maximum Gasteiger partial charge on any atom is 0.167 e. The molecule has 1 saturated heterocycles. The molecule has 0 bridgehead atoms. The second kappa shape index (κ2) is 7.31. The Hall–Kier alpha value is -1.52. The molecule has 2 rings (SSSR count). The number of para-hydroxylation sites is 1. The Balaban J connectivity index is 2.12. The van der Waals surface area contributed by atoms with Gasteiger partial charge in [0.25, 0.3) is 0 Å². The van der Waals surface area contributed by atoms with Gasteiger partial charge < -0.3 is 20.1 Å². The minimum Gasteiger partial charge on any atom is -0.492 e. The van der Waals surface area contributed by atoms with Gasteiger partial charge in [-0.1, -0.05) is 24.3 Å². The number of benzene rings is 1. The number of methoxy groups -OCH3 is 1. The number of likely N-dealkylation sites (tertiary alicyclic amines) is 1. The highest BCUT2D eigenvalue weighted by Crippen LogP contribution is 2.33. The van der Waals surface area contributed by atoms with E-state index in [-0.39, 0.29) is 6.10 Å². The Morgan fingerprint density at radius 2 is 2.10 bits per heavy atom. The Morgan fingerprint density at radius 1 is 1.35 bits per heavy atom. The van der Waals surface area contributed by atoms with Crippen LogP contribution in [-0.4, -0.2) is 44.8 Å². The number of piperidine rings is 1. The van der Waals surface area contributed by atoms with Crippen LogP contribution < -0.4 is 15.2 Å². The van der Waals surface area contributed by atoms with Gasteiger partial charge in [-0.3, -0.25) is 0 Å². The van der Waals surface area contributed by atoms with Gasteiger partial charge in [0.2, 0.25) is 0 Å². The third kappa shape index (κ3) is 3.74. The zero-order valence-electron chi connectivity index (χ0n) is 12.3. The van der Waals surface area contributed by atoms with Gasteiger partial charge in [0.1, 0.15) is 6.10 Å². The van der Waals surface area contributed by atoms with Crippen molar-refractivity contribution in [1.82, 2.24) is 4.90 Å². The smallest absolute Gasteiger partial charge is 0.167 e. The SMILES string of the molecule is COc1c(/C=C/CN)cccc1OC1CCN(C)CC1. The highest BCUT2D eigenvalue weighted by atomic mass is 16.5. The van der Waals surface area contributed by atoms with E-state index in [2.05, 4.69) is 11.9 Å². The summed E-state index contributed by atoms with van der Waals surface area (Å²) in [6.07, 6.45) is 6.27. The molecule has 0 amide bonds. The van der Waals surface area contributed by atoms with E-state index >= 15 is 0 Å². The van der Waals surface area contributed by atoms with Crippen LogP contribution in [0.2, 0.25) is 0 Å². The fourth-order valence-corrected chi connectivity index (χ4v) is 2.45. The van der Waals surface area contributed by atoms with Crippen LogP contribution in [-0.2, 0) is 0 Å². The number of nitrogens with two attached hydrogens (primary N) is 1. The van der Waals surface area contributed by atoms with Gasteiger partial charge in [0, 0.05) is 25.2 Å². The van der Waals surface area contributed by atoms with Gasteiger partial charge in [-0.2, -0.15) is 0 Å². The van der Waals surface area contributed by atoms with Crippen LogP contribution in [0, 0.1) is 0 Å². The van der Waals surface area contributed by atoms with E-state index in [1.807, 2.05) is 30.4 Å². The third-order valence-electron chi connectivity index (χ3n) is 3.61. The quantitative estimate of drug-likeness (QED) is 0.895.